The summed E-state index contributed by atoms with van der Waals surface area (Å²) >= 11 is 0. The van der Waals surface area contributed by atoms with Crippen molar-refractivity contribution in [1.82, 2.24) is 24.8 Å². The Morgan fingerprint density at radius 2 is 2.13 bits per heavy atom. The number of allylic oxidation sites excluding steroid dienone is 1. The van der Waals surface area contributed by atoms with Crippen LogP contribution in [0.25, 0.3) is 28.0 Å². The molecular formula is C27H31FN8O2. The topological polar surface area (TPSA) is 140 Å². The SMILES string of the molecule is COCCNCc1cc2ncn(-c3cc(-c4ccc(F)cc4N(N)/C(C)=C\N)cc(C4CC4)n3)c(=O)c2[nH]1. The van der Waals surface area contributed by atoms with Crippen LogP contribution < -0.4 is 27.5 Å². The third kappa shape index (κ3) is 5.17. The molecule has 3 aromatic heterocycles. The van der Waals surface area contributed by atoms with Crippen molar-refractivity contribution < 1.29 is 9.13 Å². The Bertz CT molecular complexity index is 1560. The second kappa shape index (κ2) is 10.7. The number of methoxy groups -OCH3 is 1. The van der Waals surface area contributed by atoms with Gasteiger partial charge in [-0.3, -0.25) is 9.80 Å². The zero-order chi connectivity index (χ0) is 26.8. The first-order valence-corrected chi connectivity index (χ1v) is 12.4. The Kier molecular flexibility index (Phi) is 7.23. The van der Waals surface area contributed by atoms with Gasteiger partial charge in [0.1, 0.15) is 23.5 Å². The number of rotatable bonds is 10. The number of H-pyrrole nitrogens is 1. The summed E-state index contributed by atoms with van der Waals surface area (Å²) < 4.78 is 20.8. The molecule has 4 aromatic rings. The minimum absolute atomic E-state index is 0.258. The van der Waals surface area contributed by atoms with Crippen molar-refractivity contribution in [3.63, 3.8) is 0 Å². The van der Waals surface area contributed by atoms with Gasteiger partial charge in [0.25, 0.3) is 5.56 Å². The van der Waals surface area contributed by atoms with Crippen LogP contribution in [0.4, 0.5) is 10.1 Å². The minimum atomic E-state index is -0.425. The Balaban J connectivity index is 1.59. The monoisotopic (exact) mass is 518 g/mol. The first kappa shape index (κ1) is 25.6. The molecule has 0 aliphatic heterocycles. The zero-order valence-electron chi connectivity index (χ0n) is 21.4. The van der Waals surface area contributed by atoms with Crippen LogP contribution in [0.2, 0.25) is 0 Å². The number of benzene rings is 1. The highest BCUT2D eigenvalue weighted by Crippen LogP contribution is 2.42. The summed E-state index contributed by atoms with van der Waals surface area (Å²) in [5.41, 5.74) is 10.5. The largest absolute Gasteiger partial charge is 0.403 e. The van der Waals surface area contributed by atoms with Gasteiger partial charge in [0.2, 0.25) is 0 Å². The molecule has 198 valence electrons. The van der Waals surface area contributed by atoms with Gasteiger partial charge in [-0.15, -0.1) is 0 Å². The fourth-order valence-corrected chi connectivity index (χ4v) is 4.33. The predicted molar refractivity (Wildman–Crippen MR) is 145 cm³/mol. The van der Waals surface area contributed by atoms with Gasteiger partial charge in [0, 0.05) is 55.0 Å². The maximum absolute atomic E-state index is 14.3. The number of aromatic amines is 1. The first-order chi connectivity index (χ1) is 18.4. The van der Waals surface area contributed by atoms with Gasteiger partial charge in [-0.25, -0.2) is 24.8 Å². The second-order valence-corrected chi connectivity index (χ2v) is 9.40. The lowest BCUT2D eigenvalue weighted by atomic mass is 10.0. The van der Waals surface area contributed by atoms with Crippen LogP contribution in [-0.4, -0.2) is 39.8 Å². The number of nitrogens with zero attached hydrogens (tertiary/aromatic N) is 4. The molecule has 1 fully saturated rings. The summed E-state index contributed by atoms with van der Waals surface area (Å²) in [6.07, 6.45) is 4.89. The van der Waals surface area contributed by atoms with Crippen LogP contribution in [0.5, 0.6) is 0 Å². The normalized spacial score (nSPS) is 13.8. The average Bonchev–Trinajstić information content (AvgIpc) is 3.69. The number of nitrogens with one attached hydrogen (secondary N) is 2. The maximum Gasteiger partial charge on any atom is 0.283 e. The molecule has 0 atom stereocenters. The molecule has 1 saturated carbocycles. The quantitative estimate of drug-likeness (QED) is 0.143. The first-order valence-electron chi connectivity index (χ1n) is 12.4. The number of pyridine rings is 1. The molecule has 0 spiro atoms. The van der Waals surface area contributed by atoms with E-state index in [-0.39, 0.29) is 5.56 Å². The Morgan fingerprint density at radius 1 is 1.32 bits per heavy atom. The van der Waals surface area contributed by atoms with Crippen molar-refractivity contribution in [3.8, 4) is 16.9 Å². The predicted octanol–water partition coefficient (Wildman–Crippen LogP) is 3.03. The van der Waals surface area contributed by atoms with Gasteiger partial charge in [-0.2, -0.15) is 0 Å². The molecule has 1 aliphatic carbocycles. The fraction of sp³-hybridized carbons (Fsp3) is 0.296. The average molecular weight is 519 g/mol. The molecule has 6 N–H and O–H groups in total. The number of aromatic nitrogens is 4. The smallest absolute Gasteiger partial charge is 0.283 e. The van der Waals surface area contributed by atoms with E-state index in [0.29, 0.717) is 59.4 Å². The summed E-state index contributed by atoms with van der Waals surface area (Å²) in [5, 5.41) is 4.60. The Hall–Kier alpha value is -4.06. The Morgan fingerprint density at radius 3 is 2.87 bits per heavy atom. The summed E-state index contributed by atoms with van der Waals surface area (Å²) in [7, 11) is 1.65. The van der Waals surface area contributed by atoms with Crippen molar-refractivity contribution in [2.24, 2.45) is 11.6 Å². The van der Waals surface area contributed by atoms with Crippen LogP contribution in [0, 0.1) is 5.82 Å². The number of ether oxygens (including phenoxy) is 1. The molecule has 3 heterocycles. The number of anilines is 1. The summed E-state index contributed by atoms with van der Waals surface area (Å²) in [4.78, 5) is 26.0. The van der Waals surface area contributed by atoms with E-state index in [4.69, 9.17) is 21.3 Å². The summed E-state index contributed by atoms with van der Waals surface area (Å²) in [5.74, 6) is 6.59. The molecule has 0 bridgehead atoms. The van der Waals surface area contributed by atoms with Crippen molar-refractivity contribution in [2.75, 3.05) is 25.3 Å². The van der Waals surface area contributed by atoms with Crippen LogP contribution in [0.15, 0.2) is 59.4 Å². The second-order valence-electron chi connectivity index (χ2n) is 9.40. The number of nitrogens with two attached hydrogens (primary N) is 2. The lowest BCUT2D eigenvalue weighted by Gasteiger charge is -2.23. The van der Waals surface area contributed by atoms with E-state index in [2.05, 4.69) is 15.3 Å². The van der Waals surface area contributed by atoms with E-state index in [1.54, 1.807) is 26.2 Å². The third-order valence-corrected chi connectivity index (χ3v) is 6.62. The van der Waals surface area contributed by atoms with Gasteiger partial charge < -0.3 is 20.8 Å². The highest BCUT2D eigenvalue weighted by atomic mass is 19.1. The molecule has 10 nitrogen and oxygen atoms in total. The molecule has 1 aliphatic rings. The summed E-state index contributed by atoms with van der Waals surface area (Å²) in [6, 6.07) is 10.0. The third-order valence-electron chi connectivity index (χ3n) is 6.62. The highest BCUT2D eigenvalue weighted by Gasteiger charge is 2.27. The summed E-state index contributed by atoms with van der Waals surface area (Å²) in [6.45, 7) is 3.57. The fourth-order valence-electron chi connectivity index (χ4n) is 4.33. The van der Waals surface area contributed by atoms with E-state index in [1.165, 1.54) is 34.2 Å². The van der Waals surface area contributed by atoms with Gasteiger partial charge >= 0.3 is 0 Å². The van der Waals surface area contributed by atoms with Crippen molar-refractivity contribution in [3.05, 3.63) is 82.2 Å². The van der Waals surface area contributed by atoms with E-state index in [1.807, 2.05) is 12.1 Å². The van der Waals surface area contributed by atoms with Crippen LogP contribution >= 0.6 is 0 Å². The highest BCUT2D eigenvalue weighted by molar-refractivity contribution is 5.81. The lowest BCUT2D eigenvalue weighted by molar-refractivity contribution is 0.199. The molecule has 11 heteroatoms. The van der Waals surface area contributed by atoms with Crippen molar-refractivity contribution in [1.29, 1.82) is 0 Å². The molecule has 1 aromatic carbocycles. The van der Waals surface area contributed by atoms with Crippen LogP contribution in [-0.2, 0) is 11.3 Å². The molecule has 38 heavy (non-hydrogen) atoms. The van der Waals surface area contributed by atoms with Gasteiger partial charge in [0.15, 0.2) is 0 Å². The van der Waals surface area contributed by atoms with Crippen LogP contribution in [0.3, 0.4) is 0 Å². The van der Waals surface area contributed by atoms with E-state index in [0.717, 1.165) is 29.8 Å². The molecule has 0 amide bonds. The number of hydrazine groups is 1. The molecule has 0 saturated heterocycles. The number of hydrogen-bond acceptors (Lipinski definition) is 8. The van der Waals surface area contributed by atoms with Gasteiger partial charge in [-0.05, 0) is 61.7 Å². The van der Waals surface area contributed by atoms with E-state index >= 15 is 0 Å². The minimum Gasteiger partial charge on any atom is -0.403 e. The molecule has 0 unspecified atom stereocenters. The lowest BCUT2D eigenvalue weighted by Crippen LogP contribution is -2.30. The van der Waals surface area contributed by atoms with Crippen molar-refractivity contribution in [2.45, 2.75) is 32.2 Å². The Labute approximate surface area is 219 Å². The van der Waals surface area contributed by atoms with E-state index in [9.17, 15) is 9.18 Å². The number of hydrogen-bond donors (Lipinski definition) is 4. The maximum atomic E-state index is 14.3. The molecule has 5 rings (SSSR count). The zero-order valence-corrected chi connectivity index (χ0v) is 21.4. The van der Waals surface area contributed by atoms with Gasteiger partial charge in [-0.1, -0.05) is 0 Å². The molecule has 0 radical (unpaired) electrons. The van der Waals surface area contributed by atoms with Crippen molar-refractivity contribution >= 4 is 16.7 Å². The number of fused-ring (bicyclic) bond motifs is 1. The van der Waals surface area contributed by atoms with Gasteiger partial charge in [0.05, 0.1) is 17.8 Å². The van der Waals surface area contributed by atoms with E-state index < -0.39 is 5.82 Å². The van der Waals surface area contributed by atoms with Crippen LogP contribution in [0.1, 0.15) is 37.1 Å². The molecular weight excluding hydrogens is 487 g/mol. The standard InChI is InChI=1S/C27H31FN8O2/c1-16(13-29)36(30)24-11-19(28)5-6-21(24)18-9-22(17-3-4-17)34-25(10-18)35-15-32-23-12-20(14-31-7-8-38-2)33-26(23)27(35)37/h5-6,9-13,15,17,31,33H,3-4,7-8,14,29-30H2,1-2H3/b16-13-. The number of halogens is 1.